The van der Waals surface area contributed by atoms with E-state index >= 15 is 0 Å². The average Bonchev–Trinajstić information content (AvgIpc) is 2.33. The summed E-state index contributed by atoms with van der Waals surface area (Å²) in [4.78, 5) is 25.5. The van der Waals surface area contributed by atoms with Gasteiger partial charge in [0.1, 0.15) is 0 Å². The molecule has 0 aliphatic carbocycles. The van der Waals surface area contributed by atoms with Crippen LogP contribution in [0.2, 0.25) is 0 Å². The number of pyridine rings is 1. The molecule has 0 spiro atoms. The fourth-order valence-electron chi connectivity index (χ4n) is 1.49. The van der Waals surface area contributed by atoms with Crippen LogP contribution >= 0.6 is 11.8 Å². The molecule has 0 aliphatic heterocycles. The van der Waals surface area contributed by atoms with E-state index in [4.69, 9.17) is 0 Å². The van der Waals surface area contributed by atoms with Gasteiger partial charge in [-0.3, -0.25) is 4.79 Å². The lowest BCUT2D eigenvalue weighted by Gasteiger charge is -2.16. The monoisotopic (exact) mass is 269 g/mol. The molecule has 2 amide bonds. The van der Waals surface area contributed by atoms with Gasteiger partial charge in [-0.15, -0.1) is 0 Å². The van der Waals surface area contributed by atoms with Gasteiger partial charge in [0.2, 0.25) is 0 Å². The van der Waals surface area contributed by atoms with E-state index in [1.54, 1.807) is 24.8 Å². The number of carbonyl (C=O) groups excluding carboxylic acids is 1. The highest BCUT2D eigenvalue weighted by Gasteiger charge is 2.09. The Balaban J connectivity index is 2.58. The minimum absolute atomic E-state index is 0.144. The average molecular weight is 269 g/mol. The molecule has 0 aliphatic rings. The third kappa shape index (κ3) is 4.44. The van der Waals surface area contributed by atoms with Crippen LogP contribution in [0.15, 0.2) is 17.1 Å². The number of urea groups is 1. The fourth-order valence-corrected chi connectivity index (χ4v) is 2.21. The summed E-state index contributed by atoms with van der Waals surface area (Å²) in [5, 5.41) is 5.59. The van der Waals surface area contributed by atoms with E-state index in [1.165, 1.54) is 6.20 Å². The van der Waals surface area contributed by atoms with Crippen LogP contribution in [0.5, 0.6) is 0 Å². The molecule has 1 rings (SSSR count). The standard InChI is InChI=1S/C12H19N3O2S/c1-4-9(7-18-3)14-12(17)15-10-5-8(2)11(16)13-6-10/h5-6,9H,4,7H2,1-3H3,(H,13,16)(H2,14,15,17)/t9-/m1/s1. The molecule has 0 radical (unpaired) electrons. The Labute approximate surface area is 111 Å². The SMILES string of the molecule is CC[C@H](CSC)NC(=O)Nc1c[nH]c(=O)c(C)c1. The number of aromatic amines is 1. The first-order valence-electron chi connectivity index (χ1n) is 5.82. The molecule has 3 N–H and O–H groups in total. The zero-order valence-corrected chi connectivity index (χ0v) is 11.7. The quantitative estimate of drug-likeness (QED) is 0.765. The van der Waals surface area contributed by atoms with Crippen LogP contribution in [-0.4, -0.2) is 29.1 Å². The van der Waals surface area contributed by atoms with Crippen molar-refractivity contribution in [1.29, 1.82) is 0 Å². The van der Waals surface area contributed by atoms with E-state index in [-0.39, 0.29) is 17.6 Å². The third-order valence-corrected chi connectivity index (χ3v) is 3.28. The van der Waals surface area contributed by atoms with Crippen molar-refractivity contribution < 1.29 is 4.79 Å². The summed E-state index contributed by atoms with van der Waals surface area (Å²) in [7, 11) is 0. The van der Waals surface area contributed by atoms with E-state index in [1.807, 2.05) is 13.2 Å². The summed E-state index contributed by atoms with van der Waals surface area (Å²) in [6.07, 6.45) is 4.39. The Hall–Kier alpha value is -1.43. The number of carbonyl (C=O) groups is 1. The maximum Gasteiger partial charge on any atom is 0.319 e. The summed E-state index contributed by atoms with van der Waals surface area (Å²) in [5.74, 6) is 0.884. The van der Waals surface area contributed by atoms with Crippen LogP contribution in [-0.2, 0) is 0 Å². The number of H-pyrrole nitrogens is 1. The van der Waals surface area contributed by atoms with Gasteiger partial charge in [-0.05, 0) is 25.7 Å². The van der Waals surface area contributed by atoms with Crippen molar-refractivity contribution in [3.8, 4) is 0 Å². The van der Waals surface area contributed by atoms with Gasteiger partial charge in [0.15, 0.2) is 0 Å². The molecule has 1 aromatic heterocycles. The topological polar surface area (TPSA) is 74.0 Å². The molecule has 0 saturated carbocycles. The van der Waals surface area contributed by atoms with Crippen molar-refractivity contribution >= 4 is 23.5 Å². The van der Waals surface area contributed by atoms with Crippen LogP contribution in [0.25, 0.3) is 0 Å². The highest BCUT2D eigenvalue weighted by molar-refractivity contribution is 7.98. The van der Waals surface area contributed by atoms with E-state index in [0.29, 0.717) is 11.3 Å². The molecule has 1 aromatic rings. The normalized spacial score (nSPS) is 11.9. The van der Waals surface area contributed by atoms with Crippen molar-refractivity contribution in [3.63, 3.8) is 0 Å². The number of anilines is 1. The molecule has 5 nitrogen and oxygen atoms in total. The number of hydrogen-bond acceptors (Lipinski definition) is 3. The Morgan fingerprint density at radius 1 is 1.56 bits per heavy atom. The van der Waals surface area contributed by atoms with Gasteiger partial charge in [0.05, 0.1) is 5.69 Å². The Kier molecular flexibility index (Phi) is 5.77. The van der Waals surface area contributed by atoms with E-state index in [2.05, 4.69) is 15.6 Å². The third-order valence-electron chi connectivity index (χ3n) is 2.54. The van der Waals surface area contributed by atoms with Gasteiger partial charge in [-0.2, -0.15) is 11.8 Å². The Morgan fingerprint density at radius 2 is 2.28 bits per heavy atom. The summed E-state index contributed by atoms with van der Waals surface area (Å²) < 4.78 is 0. The first kappa shape index (κ1) is 14.6. The summed E-state index contributed by atoms with van der Waals surface area (Å²) in [5.41, 5.74) is 1.02. The van der Waals surface area contributed by atoms with Crippen LogP contribution in [0.4, 0.5) is 10.5 Å². The molecule has 18 heavy (non-hydrogen) atoms. The maximum absolute atomic E-state index is 11.7. The zero-order chi connectivity index (χ0) is 13.5. The van der Waals surface area contributed by atoms with Crippen molar-refractivity contribution in [1.82, 2.24) is 10.3 Å². The van der Waals surface area contributed by atoms with E-state index < -0.39 is 0 Å². The second-order valence-electron chi connectivity index (χ2n) is 4.06. The molecule has 0 bridgehead atoms. The lowest BCUT2D eigenvalue weighted by atomic mass is 10.2. The molecular weight excluding hydrogens is 250 g/mol. The van der Waals surface area contributed by atoms with Gasteiger partial charge >= 0.3 is 6.03 Å². The molecule has 0 aromatic carbocycles. The number of amides is 2. The molecular formula is C12H19N3O2S. The molecule has 6 heteroatoms. The smallest absolute Gasteiger partial charge is 0.319 e. The van der Waals surface area contributed by atoms with Crippen LogP contribution in [0.3, 0.4) is 0 Å². The van der Waals surface area contributed by atoms with Gasteiger partial charge < -0.3 is 15.6 Å². The molecule has 100 valence electrons. The molecule has 1 heterocycles. The minimum Gasteiger partial charge on any atom is -0.334 e. The van der Waals surface area contributed by atoms with Crippen molar-refractivity contribution in [2.45, 2.75) is 26.3 Å². The largest absolute Gasteiger partial charge is 0.334 e. The lowest BCUT2D eigenvalue weighted by molar-refractivity contribution is 0.249. The van der Waals surface area contributed by atoms with E-state index in [9.17, 15) is 9.59 Å². The van der Waals surface area contributed by atoms with Crippen LogP contribution in [0.1, 0.15) is 18.9 Å². The predicted molar refractivity (Wildman–Crippen MR) is 76.4 cm³/mol. The van der Waals surface area contributed by atoms with Crippen LogP contribution in [0, 0.1) is 6.92 Å². The van der Waals surface area contributed by atoms with E-state index in [0.717, 1.165) is 12.2 Å². The molecule has 1 atom stereocenters. The predicted octanol–water partition coefficient (Wildman–Crippen LogP) is 1.95. The summed E-state index contributed by atoms with van der Waals surface area (Å²) in [6, 6.07) is 1.56. The molecule has 0 unspecified atom stereocenters. The Morgan fingerprint density at radius 3 is 2.83 bits per heavy atom. The molecule has 0 saturated heterocycles. The summed E-state index contributed by atoms with van der Waals surface area (Å²) in [6.45, 7) is 3.73. The summed E-state index contributed by atoms with van der Waals surface area (Å²) >= 11 is 1.70. The van der Waals surface area contributed by atoms with Crippen molar-refractivity contribution in [3.05, 3.63) is 28.2 Å². The minimum atomic E-state index is -0.248. The zero-order valence-electron chi connectivity index (χ0n) is 10.9. The number of nitrogens with one attached hydrogen (secondary N) is 3. The number of hydrogen-bond donors (Lipinski definition) is 3. The first-order valence-corrected chi connectivity index (χ1v) is 7.22. The fraction of sp³-hybridized carbons (Fsp3) is 0.500. The maximum atomic E-state index is 11.7. The lowest BCUT2D eigenvalue weighted by Crippen LogP contribution is -2.39. The number of aromatic nitrogens is 1. The second kappa shape index (κ2) is 7.10. The van der Waals surface area contributed by atoms with Crippen molar-refractivity contribution in [2.24, 2.45) is 0 Å². The van der Waals surface area contributed by atoms with Gasteiger partial charge in [0, 0.05) is 23.6 Å². The van der Waals surface area contributed by atoms with Crippen molar-refractivity contribution in [2.75, 3.05) is 17.3 Å². The number of thioether (sulfide) groups is 1. The Bertz CT molecular complexity index is 459. The number of rotatable bonds is 5. The molecule has 0 fully saturated rings. The highest BCUT2D eigenvalue weighted by Crippen LogP contribution is 2.05. The highest BCUT2D eigenvalue weighted by atomic mass is 32.2. The second-order valence-corrected chi connectivity index (χ2v) is 4.97. The van der Waals surface area contributed by atoms with Crippen LogP contribution < -0.4 is 16.2 Å². The van der Waals surface area contributed by atoms with Gasteiger partial charge in [-0.1, -0.05) is 6.92 Å². The first-order chi connectivity index (χ1) is 8.56. The van der Waals surface area contributed by atoms with Gasteiger partial charge in [0.25, 0.3) is 5.56 Å². The number of aryl methyl sites for hydroxylation is 1. The van der Waals surface area contributed by atoms with Gasteiger partial charge in [-0.25, -0.2) is 4.79 Å².